The Hall–Kier alpha value is -3.43. The number of halogens is 1. The number of benzene rings is 2. The van der Waals surface area contributed by atoms with Gasteiger partial charge in [0.2, 0.25) is 0 Å². The largest absolute Gasteiger partial charge is 0.505 e. The van der Waals surface area contributed by atoms with Crippen molar-refractivity contribution in [3.05, 3.63) is 71.6 Å². The maximum atomic E-state index is 13.8. The quantitative estimate of drug-likeness (QED) is 0.320. The molecular weight excluding hydrogens is 383 g/mol. The summed E-state index contributed by atoms with van der Waals surface area (Å²) >= 11 is 0. The van der Waals surface area contributed by atoms with E-state index in [0.717, 1.165) is 23.8 Å². The number of phenols is 1. The number of nitrogens with one attached hydrogen (secondary N) is 2. The Morgan fingerprint density at radius 2 is 1.86 bits per heavy atom. The van der Waals surface area contributed by atoms with Crippen LogP contribution in [0.1, 0.15) is 17.2 Å². The fraction of sp³-hybridized carbons (Fsp3) is 0.200. The molecule has 0 aliphatic carbocycles. The van der Waals surface area contributed by atoms with Crippen molar-refractivity contribution in [3.8, 4) is 5.75 Å². The number of rotatable bonds is 7. The van der Waals surface area contributed by atoms with E-state index in [9.17, 15) is 19.1 Å². The van der Waals surface area contributed by atoms with E-state index in [1.807, 2.05) is 6.92 Å². The first-order valence-electron chi connectivity index (χ1n) is 8.51. The number of aromatic hydroxyl groups is 1. The van der Waals surface area contributed by atoms with E-state index in [2.05, 4.69) is 5.32 Å². The molecule has 2 amide bonds. The fourth-order valence-corrected chi connectivity index (χ4v) is 2.45. The summed E-state index contributed by atoms with van der Waals surface area (Å²) in [7, 11) is 1.30. The van der Waals surface area contributed by atoms with Crippen molar-refractivity contribution in [1.29, 1.82) is 0 Å². The molecule has 154 valence electrons. The van der Waals surface area contributed by atoms with Crippen molar-refractivity contribution in [1.82, 2.24) is 5.48 Å². The van der Waals surface area contributed by atoms with E-state index >= 15 is 0 Å². The number of anilines is 1. The van der Waals surface area contributed by atoms with Crippen LogP contribution in [-0.4, -0.2) is 35.5 Å². The van der Waals surface area contributed by atoms with Crippen LogP contribution < -0.4 is 10.8 Å². The number of carbonyl (C=O) groups excluding carboxylic acids is 2. The van der Waals surface area contributed by atoms with Gasteiger partial charge in [-0.15, -0.1) is 0 Å². The van der Waals surface area contributed by atoms with Crippen LogP contribution in [0.25, 0.3) is 0 Å². The maximum absolute atomic E-state index is 13.8. The Labute approximate surface area is 166 Å². The topological polar surface area (TPSA) is 117 Å². The van der Waals surface area contributed by atoms with Gasteiger partial charge in [-0.05, 0) is 42.8 Å². The summed E-state index contributed by atoms with van der Waals surface area (Å²) < 4.78 is 24.5. The standard InChI is InChI=1S/C20H21FN2O6/c1-12-3-6-14(7-4-12)22-20(26)29-19(13-5-8-16(24)15(21)11-13)17(28-2)9-10-18(25)23-27/h3-11,17,19,24,27H,1-2H3,(H,22,26)(H,23,25)/b10-9+/t17-,19-/m1/s1. The number of phenolic OH excluding ortho intramolecular Hbond substituents is 1. The number of methoxy groups -OCH3 is 1. The van der Waals surface area contributed by atoms with Gasteiger partial charge in [0.25, 0.3) is 5.91 Å². The van der Waals surface area contributed by atoms with Gasteiger partial charge >= 0.3 is 6.09 Å². The molecule has 0 fully saturated rings. The van der Waals surface area contributed by atoms with Gasteiger partial charge in [-0.25, -0.2) is 14.7 Å². The second kappa shape index (κ2) is 10.2. The first-order chi connectivity index (χ1) is 13.8. The molecule has 4 N–H and O–H groups in total. The molecular formula is C20H21FN2O6. The van der Waals surface area contributed by atoms with Gasteiger partial charge in [-0.1, -0.05) is 23.8 Å². The number of amides is 2. The smallest absolute Gasteiger partial charge is 0.412 e. The number of hydrogen-bond donors (Lipinski definition) is 4. The minimum absolute atomic E-state index is 0.181. The third kappa shape index (κ3) is 6.30. The minimum Gasteiger partial charge on any atom is -0.505 e. The van der Waals surface area contributed by atoms with E-state index < -0.39 is 35.8 Å². The molecule has 29 heavy (non-hydrogen) atoms. The number of hydrogen-bond acceptors (Lipinski definition) is 6. The SMILES string of the molecule is CO[C@H](/C=C/C(=O)NO)[C@H](OC(=O)Nc1ccc(C)cc1)c1ccc(O)c(F)c1. The molecule has 2 rings (SSSR count). The van der Waals surface area contributed by atoms with Gasteiger partial charge < -0.3 is 14.6 Å². The summed E-state index contributed by atoms with van der Waals surface area (Å²) in [4.78, 5) is 23.6. The van der Waals surface area contributed by atoms with E-state index in [-0.39, 0.29) is 5.56 Å². The third-order valence-electron chi connectivity index (χ3n) is 3.95. The fourth-order valence-electron chi connectivity index (χ4n) is 2.45. The van der Waals surface area contributed by atoms with Gasteiger partial charge in [0, 0.05) is 18.9 Å². The molecule has 2 aromatic carbocycles. The number of ether oxygens (including phenoxy) is 2. The Bertz CT molecular complexity index is 885. The minimum atomic E-state index is -1.16. The summed E-state index contributed by atoms with van der Waals surface area (Å²) in [6, 6.07) is 10.4. The molecule has 0 heterocycles. The Balaban J connectivity index is 2.28. The Kier molecular flexibility index (Phi) is 7.70. The number of carbonyl (C=O) groups is 2. The summed E-state index contributed by atoms with van der Waals surface area (Å²) in [5, 5.41) is 20.6. The van der Waals surface area contributed by atoms with Gasteiger partial charge in [-0.2, -0.15) is 0 Å². The van der Waals surface area contributed by atoms with E-state index in [4.69, 9.17) is 14.7 Å². The lowest BCUT2D eigenvalue weighted by molar-refractivity contribution is -0.124. The summed E-state index contributed by atoms with van der Waals surface area (Å²) in [6.45, 7) is 1.90. The van der Waals surface area contributed by atoms with Crippen LogP contribution >= 0.6 is 0 Å². The van der Waals surface area contributed by atoms with Crippen LogP contribution in [0.15, 0.2) is 54.6 Å². The summed E-state index contributed by atoms with van der Waals surface area (Å²) in [5.41, 5.74) is 3.10. The predicted molar refractivity (Wildman–Crippen MR) is 102 cm³/mol. The van der Waals surface area contributed by atoms with E-state index in [1.165, 1.54) is 24.7 Å². The predicted octanol–water partition coefficient (Wildman–Crippen LogP) is 3.21. The zero-order valence-electron chi connectivity index (χ0n) is 15.8. The lowest BCUT2D eigenvalue weighted by Gasteiger charge is -2.24. The third-order valence-corrected chi connectivity index (χ3v) is 3.95. The van der Waals surface area contributed by atoms with Crippen molar-refractivity contribution in [2.45, 2.75) is 19.1 Å². The number of hydroxylamine groups is 1. The lowest BCUT2D eigenvalue weighted by Crippen LogP contribution is -2.27. The average molecular weight is 404 g/mol. The van der Waals surface area contributed by atoms with Crippen molar-refractivity contribution in [3.63, 3.8) is 0 Å². The van der Waals surface area contributed by atoms with E-state index in [0.29, 0.717) is 5.69 Å². The van der Waals surface area contributed by atoms with Crippen molar-refractivity contribution in [2.75, 3.05) is 12.4 Å². The van der Waals surface area contributed by atoms with Gasteiger partial charge in [0.05, 0.1) is 0 Å². The maximum Gasteiger partial charge on any atom is 0.412 e. The molecule has 0 saturated carbocycles. The van der Waals surface area contributed by atoms with Gasteiger partial charge in [-0.3, -0.25) is 15.3 Å². The highest BCUT2D eigenvalue weighted by Gasteiger charge is 2.27. The highest BCUT2D eigenvalue weighted by molar-refractivity contribution is 5.86. The Morgan fingerprint density at radius 1 is 1.17 bits per heavy atom. The van der Waals surface area contributed by atoms with Crippen LogP contribution in [0.4, 0.5) is 14.9 Å². The molecule has 2 atom stereocenters. The first kappa shape index (κ1) is 21.9. The summed E-state index contributed by atoms with van der Waals surface area (Å²) in [5.74, 6) is -2.31. The molecule has 0 spiro atoms. The molecule has 0 unspecified atom stereocenters. The Morgan fingerprint density at radius 3 is 2.45 bits per heavy atom. The molecule has 0 aromatic heterocycles. The zero-order valence-corrected chi connectivity index (χ0v) is 15.8. The van der Waals surface area contributed by atoms with Crippen LogP contribution in [0.5, 0.6) is 5.75 Å². The zero-order chi connectivity index (χ0) is 21.4. The van der Waals surface area contributed by atoms with Gasteiger partial charge in [0.1, 0.15) is 6.10 Å². The van der Waals surface area contributed by atoms with Crippen molar-refractivity contribution < 1.29 is 33.8 Å². The average Bonchev–Trinajstić information content (AvgIpc) is 2.71. The molecule has 0 saturated heterocycles. The molecule has 0 aliphatic rings. The molecule has 0 aliphatic heterocycles. The molecule has 0 radical (unpaired) electrons. The highest BCUT2D eigenvalue weighted by atomic mass is 19.1. The van der Waals surface area contributed by atoms with Gasteiger partial charge in [0.15, 0.2) is 17.7 Å². The van der Waals surface area contributed by atoms with Crippen LogP contribution in [0, 0.1) is 12.7 Å². The molecule has 2 aromatic rings. The normalized spacial score (nSPS) is 13.0. The second-order valence-corrected chi connectivity index (χ2v) is 6.06. The van der Waals surface area contributed by atoms with Crippen LogP contribution in [0.3, 0.4) is 0 Å². The molecule has 0 bridgehead atoms. The number of aryl methyl sites for hydroxylation is 1. The van der Waals surface area contributed by atoms with Crippen molar-refractivity contribution >= 4 is 17.7 Å². The first-order valence-corrected chi connectivity index (χ1v) is 8.51. The van der Waals surface area contributed by atoms with Crippen LogP contribution in [-0.2, 0) is 14.3 Å². The monoisotopic (exact) mass is 404 g/mol. The summed E-state index contributed by atoms with van der Waals surface area (Å²) in [6.07, 6.45) is -0.794. The van der Waals surface area contributed by atoms with E-state index in [1.54, 1.807) is 24.3 Å². The van der Waals surface area contributed by atoms with Crippen LogP contribution in [0.2, 0.25) is 0 Å². The highest BCUT2D eigenvalue weighted by Crippen LogP contribution is 2.28. The molecule has 9 heteroatoms. The lowest BCUT2D eigenvalue weighted by atomic mass is 10.0. The molecule has 8 nitrogen and oxygen atoms in total. The van der Waals surface area contributed by atoms with Crippen molar-refractivity contribution in [2.24, 2.45) is 0 Å². The second-order valence-electron chi connectivity index (χ2n) is 6.06.